The number of Topliss-reactive ketones (excluding diaryl/α,β-unsaturated/α-hetero) is 1. The number of hydrogen-bond donors (Lipinski definition) is 2. The number of H-pyrrole nitrogens is 1. The Bertz CT molecular complexity index is 963. The van der Waals surface area contributed by atoms with Crippen molar-refractivity contribution in [2.24, 2.45) is 5.92 Å². The number of benzene rings is 1. The summed E-state index contributed by atoms with van der Waals surface area (Å²) in [6.45, 7) is 0.0863. The minimum atomic E-state index is -2.95. The van der Waals surface area contributed by atoms with Crippen LogP contribution in [0.4, 0.5) is 8.78 Å². The first kappa shape index (κ1) is 32.6. The number of rotatable bonds is 9. The number of thioether (sulfide) groups is 1. The number of nitrogens with one attached hydrogen (secondary N) is 2. The van der Waals surface area contributed by atoms with Crippen molar-refractivity contribution in [3.8, 4) is 11.5 Å². The third-order valence-corrected chi connectivity index (χ3v) is 7.17. The predicted molar refractivity (Wildman–Crippen MR) is 137 cm³/mol. The number of ether oxygens (including phenoxy) is 2. The van der Waals surface area contributed by atoms with Gasteiger partial charge in [-0.05, 0) is 43.4 Å². The standard InChI is InChI=1S/C18H17Cl2F2NO3.C5H9NOS.ClH.H2O/c19-13-7-23-8-14(20)12(13)6-15(24)11-3-4-16(26-18(21)22)17(5-11)25-9-10-1-2-10;1-4(7)5-6-2-3-8-5;;/h3-5,7-8,10,15,18,24H,1-2,6,9H2;5-6H,2-3H2,1H3;1H;1H2/t15-;5-;;/m00../s1. The van der Waals surface area contributed by atoms with E-state index >= 15 is 0 Å². The minimum absolute atomic E-state index is 0. The number of pyridine rings is 1. The van der Waals surface area contributed by atoms with Crippen LogP contribution in [0, 0.1) is 5.92 Å². The lowest BCUT2D eigenvalue weighted by Gasteiger charge is -2.17. The molecule has 2 aliphatic rings. The van der Waals surface area contributed by atoms with Crippen molar-refractivity contribution in [2.75, 3.05) is 18.9 Å². The lowest BCUT2D eigenvalue weighted by atomic mass is 10.0. The van der Waals surface area contributed by atoms with Crippen molar-refractivity contribution in [1.82, 2.24) is 5.32 Å². The zero-order valence-corrected chi connectivity index (χ0v) is 22.5. The van der Waals surface area contributed by atoms with Crippen molar-refractivity contribution < 1.29 is 38.6 Å². The van der Waals surface area contributed by atoms with Crippen LogP contribution in [0.3, 0.4) is 0 Å². The van der Waals surface area contributed by atoms with Crippen LogP contribution in [0.1, 0.15) is 37.0 Å². The van der Waals surface area contributed by atoms with Crippen molar-refractivity contribution in [2.45, 2.75) is 44.3 Å². The summed E-state index contributed by atoms with van der Waals surface area (Å²) in [6.07, 6.45) is 4.50. The zero-order chi connectivity index (χ0) is 24.7. The Morgan fingerprint density at radius 3 is 2.42 bits per heavy atom. The van der Waals surface area contributed by atoms with E-state index in [9.17, 15) is 18.7 Å². The van der Waals surface area contributed by atoms with Crippen LogP contribution in [-0.2, 0) is 11.2 Å². The van der Waals surface area contributed by atoms with Crippen molar-refractivity contribution >= 4 is 53.2 Å². The van der Waals surface area contributed by atoms with Crippen LogP contribution in [-0.4, -0.2) is 47.3 Å². The maximum absolute atomic E-state index is 12.6. The molecular formula is C23H29Cl3F2N2O5S. The second-order valence-electron chi connectivity index (χ2n) is 8.00. The highest BCUT2D eigenvalue weighted by Gasteiger charge is 2.24. The highest BCUT2D eigenvalue weighted by atomic mass is 35.5. The van der Waals surface area contributed by atoms with E-state index in [1.165, 1.54) is 18.2 Å². The van der Waals surface area contributed by atoms with Gasteiger partial charge in [-0.3, -0.25) is 10.1 Å². The van der Waals surface area contributed by atoms with Crippen LogP contribution >= 0.6 is 47.4 Å². The monoisotopic (exact) mass is 588 g/mol. The van der Waals surface area contributed by atoms with E-state index in [4.69, 9.17) is 27.9 Å². The predicted octanol–water partition coefficient (Wildman–Crippen LogP) is 4.96. The number of ketones is 1. The second kappa shape index (κ2) is 15.8. The molecular weight excluding hydrogens is 561 g/mol. The normalized spacial score (nSPS) is 17.2. The number of carbonyl (C=O) groups is 1. The van der Waals surface area contributed by atoms with Crippen LogP contribution in [0.5, 0.6) is 11.5 Å². The van der Waals surface area contributed by atoms with Crippen LogP contribution in [0.2, 0.25) is 10.0 Å². The number of hydrogen-bond acceptors (Lipinski definition) is 7. The Labute approximate surface area is 229 Å². The average Bonchev–Trinajstić information content (AvgIpc) is 3.45. The van der Waals surface area contributed by atoms with Gasteiger partial charge >= 0.3 is 6.61 Å². The van der Waals surface area contributed by atoms with Gasteiger partial charge in [0, 0.05) is 24.3 Å². The third kappa shape index (κ3) is 10.2. The molecule has 4 rings (SSSR count). The van der Waals surface area contributed by atoms with Gasteiger partial charge in [0.1, 0.15) is 15.4 Å². The second-order valence-corrected chi connectivity index (χ2v) is 10.0. The molecule has 0 unspecified atom stereocenters. The van der Waals surface area contributed by atoms with Gasteiger partial charge in [-0.2, -0.15) is 8.78 Å². The van der Waals surface area contributed by atoms with E-state index in [0.29, 0.717) is 33.7 Å². The molecule has 2 heterocycles. The molecule has 0 spiro atoms. The highest BCUT2D eigenvalue weighted by molar-refractivity contribution is 8.00. The Morgan fingerprint density at radius 1 is 1.25 bits per heavy atom. The summed E-state index contributed by atoms with van der Waals surface area (Å²) < 4.78 is 35.3. The fourth-order valence-electron chi connectivity index (χ4n) is 3.20. The Morgan fingerprint density at radius 2 is 1.92 bits per heavy atom. The third-order valence-electron chi connectivity index (χ3n) is 5.22. The minimum Gasteiger partial charge on any atom is -0.870 e. The van der Waals surface area contributed by atoms with Crippen molar-refractivity contribution in [3.63, 3.8) is 0 Å². The quantitative estimate of drug-likeness (QED) is 0.425. The molecule has 202 valence electrons. The van der Waals surface area contributed by atoms with Gasteiger partial charge in [0.05, 0.1) is 12.7 Å². The maximum atomic E-state index is 12.6. The van der Waals surface area contributed by atoms with Crippen LogP contribution < -0.4 is 19.8 Å². The summed E-state index contributed by atoms with van der Waals surface area (Å²) in [5, 5.41) is 14.5. The molecule has 1 saturated heterocycles. The van der Waals surface area contributed by atoms with Gasteiger partial charge in [-0.15, -0.1) is 24.2 Å². The fourth-order valence-corrected chi connectivity index (χ4v) is 4.67. The van der Waals surface area contributed by atoms with E-state index in [1.54, 1.807) is 31.1 Å². The Hall–Kier alpha value is -1.40. The van der Waals surface area contributed by atoms with Gasteiger partial charge in [-0.25, -0.2) is 4.98 Å². The summed E-state index contributed by atoms with van der Waals surface area (Å²) in [5.41, 5.74) is 1.09. The lowest BCUT2D eigenvalue weighted by Crippen LogP contribution is -2.26. The number of aliphatic hydroxyl groups excluding tert-OH is 1. The number of aromatic nitrogens is 1. The number of aliphatic hydroxyl groups is 1. The van der Waals surface area contributed by atoms with Gasteiger partial charge in [0.25, 0.3) is 0 Å². The van der Waals surface area contributed by atoms with Crippen LogP contribution in [0.15, 0.2) is 30.6 Å². The molecule has 1 aromatic carbocycles. The van der Waals surface area contributed by atoms with Gasteiger partial charge in [0.2, 0.25) is 0 Å². The van der Waals surface area contributed by atoms with E-state index in [1.807, 2.05) is 0 Å². The molecule has 36 heavy (non-hydrogen) atoms. The number of halogens is 5. The largest absolute Gasteiger partial charge is 0.870 e. The Balaban J connectivity index is 0.000000555. The topological polar surface area (TPSA) is 112 Å². The lowest BCUT2D eigenvalue weighted by molar-refractivity contribution is -0.377. The van der Waals surface area contributed by atoms with Gasteiger partial charge < -0.3 is 20.1 Å². The maximum Gasteiger partial charge on any atom is 0.387 e. The average molecular weight is 590 g/mol. The summed E-state index contributed by atoms with van der Waals surface area (Å²) in [5.74, 6) is 1.90. The summed E-state index contributed by atoms with van der Waals surface area (Å²) in [6, 6.07) is 4.40. The molecule has 7 nitrogen and oxygen atoms in total. The SMILES string of the molecule is CC(=O)[C@H]1NCCS1.Cl.O[C@@H](Cc1c(Cl)c[nH+]cc1Cl)c1ccc(OC(F)F)c(OCC2CC2)c1.[OH-]. The van der Waals surface area contributed by atoms with E-state index in [-0.39, 0.29) is 47.0 Å². The van der Waals surface area contributed by atoms with Crippen LogP contribution in [0.25, 0.3) is 0 Å². The first-order chi connectivity index (χ1) is 16.2. The fraction of sp³-hybridized carbons (Fsp3) is 0.478. The molecule has 1 aliphatic heterocycles. The van der Waals surface area contributed by atoms with Gasteiger partial charge in [0.15, 0.2) is 29.7 Å². The Kier molecular flexibility index (Phi) is 14.3. The molecule has 1 aliphatic carbocycles. The summed E-state index contributed by atoms with van der Waals surface area (Å²) >= 11 is 13.9. The molecule has 2 atom stereocenters. The molecule has 0 bridgehead atoms. The number of alkyl halides is 2. The van der Waals surface area contributed by atoms with Crippen molar-refractivity contribution in [3.05, 3.63) is 51.8 Å². The molecule has 2 aromatic rings. The summed E-state index contributed by atoms with van der Waals surface area (Å²) in [4.78, 5) is 13.4. The van der Waals surface area contributed by atoms with E-state index in [2.05, 4.69) is 15.0 Å². The van der Waals surface area contributed by atoms with E-state index < -0.39 is 12.7 Å². The molecule has 2 fully saturated rings. The molecule has 1 aromatic heterocycles. The zero-order valence-electron chi connectivity index (χ0n) is 19.4. The first-order valence-electron chi connectivity index (χ1n) is 10.8. The van der Waals surface area contributed by atoms with E-state index in [0.717, 1.165) is 25.1 Å². The smallest absolute Gasteiger partial charge is 0.387 e. The van der Waals surface area contributed by atoms with Gasteiger partial charge in [-0.1, -0.05) is 29.3 Å². The first-order valence-corrected chi connectivity index (χ1v) is 12.6. The summed E-state index contributed by atoms with van der Waals surface area (Å²) in [7, 11) is 0. The molecule has 0 radical (unpaired) electrons. The number of aromatic amines is 1. The highest BCUT2D eigenvalue weighted by Crippen LogP contribution is 2.36. The molecule has 13 heteroatoms. The van der Waals surface area contributed by atoms with Crippen molar-refractivity contribution in [1.29, 1.82) is 0 Å². The molecule has 4 N–H and O–H groups in total. The molecule has 0 amide bonds. The molecule has 1 saturated carbocycles. The number of carbonyl (C=O) groups excluding carboxylic acids is 1.